The zero-order valence-corrected chi connectivity index (χ0v) is 13.9. The standard InChI is InChI=1S/C13H25N5O2S/c1-5-14-13(15-8-12-9-16-18(3)10-12)17-11(2)6-7-21(4,19)20/h9-11H,5-8H2,1-4H3,(H2,14,15,17). The summed E-state index contributed by atoms with van der Waals surface area (Å²) in [5.74, 6) is 0.853. The number of aryl methyl sites for hydroxylation is 1. The highest BCUT2D eigenvalue weighted by molar-refractivity contribution is 7.90. The van der Waals surface area contributed by atoms with E-state index in [0.29, 0.717) is 18.9 Å². The minimum absolute atomic E-state index is 0.0337. The maximum absolute atomic E-state index is 11.2. The van der Waals surface area contributed by atoms with Crippen LogP contribution in [0.15, 0.2) is 17.4 Å². The first-order chi connectivity index (χ1) is 9.80. The van der Waals surface area contributed by atoms with Gasteiger partial charge in [0.15, 0.2) is 5.96 Å². The number of hydrogen-bond donors (Lipinski definition) is 2. The largest absolute Gasteiger partial charge is 0.357 e. The van der Waals surface area contributed by atoms with Crippen LogP contribution in [-0.4, -0.2) is 48.8 Å². The van der Waals surface area contributed by atoms with Crippen molar-refractivity contribution in [3.63, 3.8) is 0 Å². The van der Waals surface area contributed by atoms with Crippen LogP contribution in [-0.2, 0) is 23.4 Å². The molecule has 21 heavy (non-hydrogen) atoms. The number of rotatable bonds is 7. The molecule has 0 fully saturated rings. The molecule has 0 spiro atoms. The highest BCUT2D eigenvalue weighted by atomic mass is 32.2. The third-order valence-electron chi connectivity index (χ3n) is 2.83. The highest BCUT2D eigenvalue weighted by Crippen LogP contribution is 1.99. The Morgan fingerprint density at radius 3 is 2.76 bits per heavy atom. The molecule has 7 nitrogen and oxygen atoms in total. The summed E-state index contributed by atoms with van der Waals surface area (Å²) in [7, 11) is -1.07. The first-order valence-electron chi connectivity index (χ1n) is 7.00. The van der Waals surface area contributed by atoms with Crippen molar-refractivity contribution in [2.75, 3.05) is 18.6 Å². The van der Waals surface area contributed by atoms with Crippen molar-refractivity contribution >= 4 is 15.8 Å². The molecule has 0 amide bonds. The van der Waals surface area contributed by atoms with Crippen molar-refractivity contribution in [1.29, 1.82) is 0 Å². The van der Waals surface area contributed by atoms with Gasteiger partial charge in [0.2, 0.25) is 0 Å². The third kappa shape index (κ3) is 7.69. The van der Waals surface area contributed by atoms with E-state index < -0.39 is 9.84 Å². The summed E-state index contributed by atoms with van der Waals surface area (Å²) in [6, 6.07) is 0.0337. The van der Waals surface area contributed by atoms with E-state index in [1.54, 1.807) is 10.9 Å². The van der Waals surface area contributed by atoms with Crippen molar-refractivity contribution < 1.29 is 8.42 Å². The maximum atomic E-state index is 11.2. The van der Waals surface area contributed by atoms with E-state index in [1.807, 2.05) is 27.1 Å². The Balaban J connectivity index is 2.55. The normalized spacial score (nSPS) is 14.0. The Hall–Kier alpha value is -1.57. The molecule has 1 unspecified atom stereocenters. The van der Waals surface area contributed by atoms with Crippen molar-refractivity contribution in [2.45, 2.75) is 32.9 Å². The molecule has 1 atom stereocenters. The van der Waals surface area contributed by atoms with Gasteiger partial charge in [-0.3, -0.25) is 4.68 Å². The maximum Gasteiger partial charge on any atom is 0.191 e. The fraction of sp³-hybridized carbons (Fsp3) is 0.692. The van der Waals surface area contributed by atoms with Crippen LogP contribution in [0, 0.1) is 0 Å². The molecule has 0 aliphatic rings. The summed E-state index contributed by atoms with van der Waals surface area (Å²) in [4.78, 5) is 4.47. The molecule has 0 bridgehead atoms. The monoisotopic (exact) mass is 315 g/mol. The number of guanidine groups is 1. The van der Waals surface area contributed by atoms with Crippen LogP contribution in [0.1, 0.15) is 25.8 Å². The molecule has 8 heteroatoms. The van der Waals surface area contributed by atoms with E-state index in [1.165, 1.54) is 6.26 Å². The Morgan fingerprint density at radius 1 is 1.52 bits per heavy atom. The van der Waals surface area contributed by atoms with Crippen LogP contribution in [0.25, 0.3) is 0 Å². The minimum Gasteiger partial charge on any atom is -0.357 e. The molecule has 1 aromatic rings. The van der Waals surface area contributed by atoms with Gasteiger partial charge < -0.3 is 10.6 Å². The van der Waals surface area contributed by atoms with E-state index >= 15 is 0 Å². The smallest absolute Gasteiger partial charge is 0.191 e. The van der Waals surface area contributed by atoms with Gasteiger partial charge in [-0.2, -0.15) is 5.10 Å². The van der Waals surface area contributed by atoms with Gasteiger partial charge >= 0.3 is 0 Å². The van der Waals surface area contributed by atoms with Crippen LogP contribution in [0.5, 0.6) is 0 Å². The number of sulfone groups is 1. The van der Waals surface area contributed by atoms with E-state index in [-0.39, 0.29) is 11.8 Å². The lowest BCUT2D eigenvalue weighted by Crippen LogP contribution is -2.42. The van der Waals surface area contributed by atoms with Crippen LogP contribution in [0.2, 0.25) is 0 Å². The van der Waals surface area contributed by atoms with Gasteiger partial charge in [-0.05, 0) is 20.3 Å². The molecule has 0 aliphatic heterocycles. The molecule has 0 saturated heterocycles. The topological polar surface area (TPSA) is 88.4 Å². The molecule has 120 valence electrons. The van der Waals surface area contributed by atoms with Gasteiger partial charge in [0.1, 0.15) is 9.84 Å². The van der Waals surface area contributed by atoms with Gasteiger partial charge in [-0.15, -0.1) is 0 Å². The number of nitrogens with zero attached hydrogens (tertiary/aromatic N) is 3. The van der Waals surface area contributed by atoms with Crippen LogP contribution < -0.4 is 10.6 Å². The molecule has 1 heterocycles. The van der Waals surface area contributed by atoms with Gasteiger partial charge in [0.25, 0.3) is 0 Å². The van der Waals surface area contributed by atoms with Crippen molar-refractivity contribution in [3.05, 3.63) is 18.0 Å². The van der Waals surface area contributed by atoms with Crippen molar-refractivity contribution in [1.82, 2.24) is 20.4 Å². The number of nitrogens with one attached hydrogen (secondary N) is 2. The summed E-state index contributed by atoms with van der Waals surface area (Å²) in [5.41, 5.74) is 1.03. The highest BCUT2D eigenvalue weighted by Gasteiger charge is 2.09. The first kappa shape index (κ1) is 17.5. The predicted octanol–water partition coefficient (Wildman–Crippen LogP) is 0.298. The predicted molar refractivity (Wildman–Crippen MR) is 84.9 cm³/mol. The number of hydrogen-bond acceptors (Lipinski definition) is 4. The Bertz CT molecular complexity index is 565. The second kappa shape index (κ2) is 8.02. The number of aliphatic imine (C=N–C) groups is 1. The fourth-order valence-corrected chi connectivity index (χ4v) is 2.52. The summed E-state index contributed by atoms with van der Waals surface area (Å²) in [6.45, 7) is 5.21. The fourth-order valence-electron chi connectivity index (χ4n) is 1.74. The van der Waals surface area contributed by atoms with Gasteiger partial charge in [0, 0.05) is 37.7 Å². The molecule has 1 aromatic heterocycles. The van der Waals surface area contributed by atoms with Gasteiger partial charge in [-0.1, -0.05) is 0 Å². The molecule has 2 N–H and O–H groups in total. The lowest BCUT2D eigenvalue weighted by molar-refractivity contribution is 0.581. The summed E-state index contributed by atoms with van der Waals surface area (Å²) in [6.07, 6.45) is 5.50. The quantitative estimate of drug-likeness (QED) is 0.558. The number of aromatic nitrogens is 2. The zero-order valence-electron chi connectivity index (χ0n) is 13.1. The second-order valence-electron chi connectivity index (χ2n) is 5.18. The van der Waals surface area contributed by atoms with Crippen LogP contribution >= 0.6 is 0 Å². The average Bonchev–Trinajstić information content (AvgIpc) is 2.79. The minimum atomic E-state index is -2.93. The Morgan fingerprint density at radius 2 is 2.24 bits per heavy atom. The van der Waals surface area contributed by atoms with Crippen molar-refractivity contribution in [2.24, 2.45) is 12.0 Å². The molecule has 0 aromatic carbocycles. The van der Waals surface area contributed by atoms with E-state index in [0.717, 1.165) is 12.1 Å². The van der Waals surface area contributed by atoms with Crippen LogP contribution in [0.3, 0.4) is 0 Å². The molecular formula is C13H25N5O2S. The Labute approximate surface area is 126 Å². The second-order valence-corrected chi connectivity index (χ2v) is 7.44. The van der Waals surface area contributed by atoms with Crippen LogP contribution in [0.4, 0.5) is 0 Å². The summed E-state index contributed by atoms with van der Waals surface area (Å²) in [5, 5.41) is 10.5. The third-order valence-corrected chi connectivity index (χ3v) is 3.80. The Kier molecular flexibility index (Phi) is 6.67. The van der Waals surface area contributed by atoms with E-state index in [4.69, 9.17) is 0 Å². The summed E-state index contributed by atoms with van der Waals surface area (Å²) >= 11 is 0. The molecule has 1 rings (SSSR count). The average molecular weight is 315 g/mol. The molecule has 0 aliphatic carbocycles. The lowest BCUT2D eigenvalue weighted by atomic mass is 10.3. The van der Waals surface area contributed by atoms with E-state index in [9.17, 15) is 8.42 Å². The first-order valence-corrected chi connectivity index (χ1v) is 9.06. The lowest BCUT2D eigenvalue weighted by Gasteiger charge is -2.17. The summed E-state index contributed by atoms with van der Waals surface area (Å²) < 4.78 is 24.1. The molecular weight excluding hydrogens is 290 g/mol. The zero-order chi connectivity index (χ0) is 15.9. The molecule has 0 saturated carbocycles. The van der Waals surface area contributed by atoms with Gasteiger partial charge in [-0.25, -0.2) is 13.4 Å². The van der Waals surface area contributed by atoms with E-state index in [2.05, 4.69) is 20.7 Å². The van der Waals surface area contributed by atoms with Crippen molar-refractivity contribution in [3.8, 4) is 0 Å². The SMILES string of the molecule is CCNC(=NCc1cnn(C)c1)NC(C)CCS(C)(=O)=O. The molecule has 0 radical (unpaired) electrons. The van der Waals surface area contributed by atoms with Gasteiger partial charge in [0.05, 0.1) is 18.5 Å².